The van der Waals surface area contributed by atoms with Crippen LogP contribution in [0.3, 0.4) is 0 Å². The van der Waals surface area contributed by atoms with Crippen LogP contribution in [0.4, 0.5) is 0 Å². The fourth-order valence-corrected chi connectivity index (χ4v) is 3.34. The maximum atomic E-state index is 12.7. The van der Waals surface area contributed by atoms with Gasteiger partial charge in [-0.25, -0.2) is 9.48 Å². The maximum absolute atomic E-state index is 12.7. The van der Waals surface area contributed by atoms with Crippen molar-refractivity contribution in [3.05, 3.63) is 46.8 Å². The highest BCUT2D eigenvalue weighted by Crippen LogP contribution is 2.29. The van der Waals surface area contributed by atoms with Crippen LogP contribution in [0, 0.1) is 12.8 Å². The fourth-order valence-electron chi connectivity index (χ4n) is 3.34. The number of aryl methyl sites for hydroxylation is 1. The van der Waals surface area contributed by atoms with Crippen molar-refractivity contribution in [3.63, 3.8) is 0 Å². The molecule has 1 heterocycles. The number of carboxylic acids is 1. The fraction of sp³-hybridized carbons (Fsp3) is 0.421. The molecule has 1 aliphatic rings. The lowest BCUT2D eigenvalue weighted by atomic mass is 10.0. The van der Waals surface area contributed by atoms with E-state index in [9.17, 15) is 14.7 Å². The number of fused-ring (bicyclic) bond motifs is 1. The third kappa shape index (κ3) is 3.16. The van der Waals surface area contributed by atoms with Crippen molar-refractivity contribution in [2.75, 3.05) is 0 Å². The summed E-state index contributed by atoms with van der Waals surface area (Å²) in [4.78, 5) is 24.1. The molecule has 0 saturated heterocycles. The normalized spacial score (nSPS) is 14.4. The van der Waals surface area contributed by atoms with Crippen molar-refractivity contribution >= 4 is 11.9 Å². The summed E-state index contributed by atoms with van der Waals surface area (Å²) in [7, 11) is 0. The first-order valence-electron chi connectivity index (χ1n) is 8.60. The lowest BCUT2D eigenvalue weighted by Crippen LogP contribution is -2.44. The van der Waals surface area contributed by atoms with E-state index in [0.29, 0.717) is 5.69 Å². The van der Waals surface area contributed by atoms with Gasteiger partial charge in [0.15, 0.2) is 5.69 Å². The Labute approximate surface area is 146 Å². The highest BCUT2D eigenvalue weighted by molar-refractivity contribution is 5.96. The number of carboxylic acid groups (broad SMARTS) is 1. The van der Waals surface area contributed by atoms with Gasteiger partial charge in [-0.05, 0) is 43.7 Å². The van der Waals surface area contributed by atoms with E-state index in [4.69, 9.17) is 0 Å². The number of aliphatic carboxylic acids is 1. The van der Waals surface area contributed by atoms with Crippen LogP contribution in [0.2, 0.25) is 0 Å². The first kappa shape index (κ1) is 17.2. The van der Waals surface area contributed by atoms with Crippen LogP contribution < -0.4 is 5.32 Å². The summed E-state index contributed by atoms with van der Waals surface area (Å²) < 4.78 is 1.84. The SMILES string of the molecule is Cc1ccccc1-n1nc(C(=O)N[C@@H](C(=O)O)C(C)C)c2c1CCC2. The second-order valence-electron chi connectivity index (χ2n) is 6.86. The molecule has 6 heteroatoms. The summed E-state index contributed by atoms with van der Waals surface area (Å²) in [5.74, 6) is -1.64. The lowest BCUT2D eigenvalue weighted by molar-refractivity contribution is -0.140. The molecule has 1 aliphatic carbocycles. The molecule has 1 aromatic carbocycles. The number of para-hydroxylation sites is 1. The largest absolute Gasteiger partial charge is 0.480 e. The van der Waals surface area contributed by atoms with Crippen LogP contribution in [-0.4, -0.2) is 32.8 Å². The van der Waals surface area contributed by atoms with Crippen molar-refractivity contribution in [3.8, 4) is 5.69 Å². The molecule has 0 bridgehead atoms. The maximum Gasteiger partial charge on any atom is 0.326 e. The van der Waals surface area contributed by atoms with Gasteiger partial charge in [0, 0.05) is 11.3 Å². The molecule has 1 amide bonds. The van der Waals surface area contributed by atoms with Crippen molar-refractivity contribution < 1.29 is 14.7 Å². The number of hydrogen-bond donors (Lipinski definition) is 2. The zero-order chi connectivity index (χ0) is 18.1. The Bertz CT molecular complexity index is 823. The van der Waals surface area contributed by atoms with Crippen LogP contribution >= 0.6 is 0 Å². The standard InChI is InChI=1S/C19H23N3O3/c1-11(2)16(19(24)25)20-18(23)17-13-8-6-10-15(13)22(21-17)14-9-5-4-7-12(14)3/h4-5,7,9,11,16H,6,8,10H2,1-3H3,(H,20,23)(H,24,25)/t16-/m1/s1. The zero-order valence-electron chi connectivity index (χ0n) is 14.7. The molecule has 0 spiro atoms. The molecule has 0 aliphatic heterocycles. The van der Waals surface area contributed by atoms with E-state index in [1.54, 1.807) is 13.8 Å². The topological polar surface area (TPSA) is 84.2 Å². The third-order valence-electron chi connectivity index (χ3n) is 4.71. The van der Waals surface area contributed by atoms with Crippen LogP contribution in [0.15, 0.2) is 24.3 Å². The lowest BCUT2D eigenvalue weighted by Gasteiger charge is -2.17. The van der Waals surface area contributed by atoms with Gasteiger partial charge in [-0.15, -0.1) is 0 Å². The molecular weight excluding hydrogens is 318 g/mol. The molecule has 132 valence electrons. The number of aromatic nitrogens is 2. The number of hydrogen-bond acceptors (Lipinski definition) is 3. The van der Waals surface area contributed by atoms with Crippen LogP contribution in [0.1, 0.15) is 47.6 Å². The van der Waals surface area contributed by atoms with Gasteiger partial charge in [0.25, 0.3) is 5.91 Å². The van der Waals surface area contributed by atoms with Gasteiger partial charge in [0.05, 0.1) is 5.69 Å². The van der Waals surface area contributed by atoms with E-state index in [2.05, 4.69) is 10.4 Å². The van der Waals surface area contributed by atoms with Gasteiger partial charge in [-0.1, -0.05) is 32.0 Å². The molecule has 1 aromatic heterocycles. The number of carbonyl (C=O) groups excluding carboxylic acids is 1. The predicted molar refractivity (Wildman–Crippen MR) is 94.1 cm³/mol. The van der Waals surface area contributed by atoms with Crippen molar-refractivity contribution in [1.82, 2.24) is 15.1 Å². The van der Waals surface area contributed by atoms with Crippen molar-refractivity contribution in [2.45, 2.75) is 46.1 Å². The monoisotopic (exact) mass is 341 g/mol. The van der Waals surface area contributed by atoms with Crippen LogP contribution in [0.25, 0.3) is 5.69 Å². The summed E-state index contributed by atoms with van der Waals surface area (Å²) in [6, 6.07) is 6.99. The molecule has 0 fully saturated rings. The van der Waals surface area contributed by atoms with E-state index in [0.717, 1.165) is 41.8 Å². The highest BCUT2D eigenvalue weighted by Gasteiger charge is 2.30. The molecule has 3 rings (SSSR count). The first-order valence-corrected chi connectivity index (χ1v) is 8.60. The average molecular weight is 341 g/mol. The molecule has 1 atom stereocenters. The van der Waals surface area contributed by atoms with Gasteiger partial charge < -0.3 is 10.4 Å². The van der Waals surface area contributed by atoms with E-state index in [1.165, 1.54) is 0 Å². The minimum Gasteiger partial charge on any atom is -0.480 e. The second-order valence-corrected chi connectivity index (χ2v) is 6.86. The Kier molecular flexibility index (Phi) is 4.61. The Morgan fingerprint density at radius 2 is 1.96 bits per heavy atom. The highest BCUT2D eigenvalue weighted by atomic mass is 16.4. The quantitative estimate of drug-likeness (QED) is 0.875. The number of amides is 1. The molecule has 0 saturated carbocycles. The van der Waals surface area contributed by atoms with Crippen LogP contribution in [-0.2, 0) is 17.6 Å². The van der Waals surface area contributed by atoms with E-state index in [1.807, 2.05) is 35.9 Å². The minimum absolute atomic E-state index is 0.201. The molecule has 0 unspecified atom stereocenters. The molecule has 0 radical (unpaired) electrons. The van der Waals surface area contributed by atoms with Gasteiger partial charge >= 0.3 is 5.97 Å². The molecular formula is C19H23N3O3. The molecule has 2 aromatic rings. The van der Waals surface area contributed by atoms with Gasteiger partial charge in [0.1, 0.15) is 6.04 Å². The average Bonchev–Trinajstić information content (AvgIpc) is 3.14. The van der Waals surface area contributed by atoms with Gasteiger partial charge in [-0.2, -0.15) is 5.10 Å². The second kappa shape index (κ2) is 6.70. The molecule has 2 N–H and O–H groups in total. The molecule has 6 nitrogen and oxygen atoms in total. The number of nitrogens with one attached hydrogen (secondary N) is 1. The zero-order valence-corrected chi connectivity index (χ0v) is 14.7. The number of carbonyl (C=O) groups is 2. The summed E-state index contributed by atoms with van der Waals surface area (Å²) in [6.45, 7) is 5.56. The summed E-state index contributed by atoms with van der Waals surface area (Å²) in [5, 5.41) is 16.5. The Balaban J connectivity index is 1.99. The first-order chi connectivity index (χ1) is 11.9. The third-order valence-corrected chi connectivity index (χ3v) is 4.71. The Morgan fingerprint density at radius 1 is 1.24 bits per heavy atom. The summed E-state index contributed by atoms with van der Waals surface area (Å²) >= 11 is 0. The smallest absolute Gasteiger partial charge is 0.326 e. The number of nitrogens with zero attached hydrogens (tertiary/aromatic N) is 2. The van der Waals surface area contributed by atoms with Crippen LogP contribution in [0.5, 0.6) is 0 Å². The Morgan fingerprint density at radius 3 is 2.60 bits per heavy atom. The van der Waals surface area contributed by atoms with Crippen molar-refractivity contribution in [2.24, 2.45) is 5.92 Å². The van der Waals surface area contributed by atoms with Crippen molar-refractivity contribution in [1.29, 1.82) is 0 Å². The number of benzene rings is 1. The van der Waals surface area contributed by atoms with Gasteiger partial charge in [-0.3, -0.25) is 4.79 Å². The predicted octanol–water partition coefficient (Wildman–Crippen LogP) is 2.51. The van der Waals surface area contributed by atoms with E-state index >= 15 is 0 Å². The minimum atomic E-state index is -1.03. The van der Waals surface area contributed by atoms with Gasteiger partial charge in [0.2, 0.25) is 0 Å². The molecule has 25 heavy (non-hydrogen) atoms. The summed E-state index contributed by atoms with van der Waals surface area (Å²) in [5.41, 5.74) is 4.38. The Hall–Kier alpha value is -2.63. The van der Waals surface area contributed by atoms with E-state index in [-0.39, 0.29) is 5.92 Å². The van der Waals surface area contributed by atoms with E-state index < -0.39 is 17.9 Å². The summed E-state index contributed by atoms with van der Waals surface area (Å²) in [6.07, 6.45) is 2.64. The number of rotatable bonds is 5.